The van der Waals surface area contributed by atoms with Crippen LogP contribution in [0, 0.1) is 0 Å². The first-order valence-corrected chi connectivity index (χ1v) is 4.26. The molecule has 0 atom stereocenters. The van der Waals surface area contributed by atoms with Gasteiger partial charge in [-0.1, -0.05) is 25.8 Å². The number of halogens is 3. The Hall–Kier alpha value is -0.800. The first-order chi connectivity index (χ1) is 5.98. The molecule has 0 amide bonds. The number of allylic oxidation sites excluding steroid dienone is 2. The lowest BCUT2D eigenvalue weighted by atomic mass is 10.2. The molecule has 13 heavy (non-hydrogen) atoms. The van der Waals surface area contributed by atoms with E-state index >= 15 is 0 Å². The molecule has 0 spiro atoms. The molecule has 0 bridgehead atoms. The van der Waals surface area contributed by atoms with Crippen LogP contribution in [-0.2, 0) is 4.79 Å². The predicted molar refractivity (Wildman–Crippen MR) is 44.3 cm³/mol. The van der Waals surface area contributed by atoms with E-state index in [0.29, 0.717) is 12.5 Å². The van der Waals surface area contributed by atoms with Crippen LogP contribution >= 0.6 is 0 Å². The van der Waals surface area contributed by atoms with Crippen LogP contribution in [0.2, 0.25) is 0 Å². The molecule has 0 aliphatic carbocycles. The maximum Gasteiger partial charge on any atom is 0.454 e. The van der Waals surface area contributed by atoms with E-state index < -0.39 is 12.0 Å². The Balaban J connectivity index is 3.67. The minimum atomic E-state index is -4.72. The topological polar surface area (TPSA) is 17.1 Å². The molecule has 0 rings (SSSR count). The minimum absolute atomic E-state index is 0.537. The average molecular weight is 194 g/mol. The maximum atomic E-state index is 11.6. The second-order valence-electron chi connectivity index (χ2n) is 2.76. The Morgan fingerprint density at radius 3 is 2.38 bits per heavy atom. The van der Waals surface area contributed by atoms with Gasteiger partial charge in [0.25, 0.3) is 5.78 Å². The number of unbranched alkanes of at least 4 members (excludes halogenated alkanes) is 3. The van der Waals surface area contributed by atoms with Gasteiger partial charge in [0, 0.05) is 0 Å². The van der Waals surface area contributed by atoms with Crippen molar-refractivity contribution in [3.05, 3.63) is 12.2 Å². The molecule has 0 aromatic rings. The zero-order valence-electron chi connectivity index (χ0n) is 7.53. The summed E-state index contributed by atoms with van der Waals surface area (Å²) in [7, 11) is 0. The average Bonchev–Trinajstić information content (AvgIpc) is 2.02. The Kier molecular flexibility index (Phi) is 5.42. The van der Waals surface area contributed by atoms with Gasteiger partial charge in [0.15, 0.2) is 0 Å². The summed E-state index contributed by atoms with van der Waals surface area (Å²) in [4.78, 5) is 10.3. The van der Waals surface area contributed by atoms with Crippen molar-refractivity contribution in [1.82, 2.24) is 0 Å². The lowest BCUT2D eigenvalue weighted by Crippen LogP contribution is -2.19. The summed E-state index contributed by atoms with van der Waals surface area (Å²) in [5.74, 6) is -1.77. The van der Waals surface area contributed by atoms with E-state index in [2.05, 4.69) is 0 Å². The lowest BCUT2D eigenvalue weighted by molar-refractivity contribution is -0.165. The summed E-state index contributed by atoms with van der Waals surface area (Å²) < 4.78 is 34.9. The van der Waals surface area contributed by atoms with Gasteiger partial charge in [-0.05, 0) is 18.9 Å². The summed E-state index contributed by atoms with van der Waals surface area (Å²) in [6, 6.07) is 0. The maximum absolute atomic E-state index is 11.6. The van der Waals surface area contributed by atoms with E-state index in [1.165, 1.54) is 6.08 Å². The van der Waals surface area contributed by atoms with Crippen molar-refractivity contribution >= 4 is 5.78 Å². The first kappa shape index (κ1) is 12.2. The second kappa shape index (κ2) is 5.78. The molecule has 0 N–H and O–H groups in total. The van der Waals surface area contributed by atoms with Crippen LogP contribution in [0.15, 0.2) is 12.2 Å². The molecule has 0 aromatic carbocycles. The van der Waals surface area contributed by atoms with E-state index in [1.807, 2.05) is 6.92 Å². The van der Waals surface area contributed by atoms with E-state index in [9.17, 15) is 18.0 Å². The minimum Gasteiger partial charge on any atom is -0.285 e. The van der Waals surface area contributed by atoms with Crippen LogP contribution in [0.4, 0.5) is 13.2 Å². The Labute approximate surface area is 75.6 Å². The third-order valence-corrected chi connectivity index (χ3v) is 1.52. The van der Waals surface area contributed by atoms with Gasteiger partial charge in [-0.3, -0.25) is 4.79 Å². The summed E-state index contributed by atoms with van der Waals surface area (Å²) in [6.07, 6.45) is 0.530. The number of alkyl halides is 3. The van der Waals surface area contributed by atoms with Gasteiger partial charge in [0.2, 0.25) is 0 Å². The zero-order valence-corrected chi connectivity index (χ0v) is 7.53. The molecular formula is C9H13F3O. The van der Waals surface area contributed by atoms with E-state index in [1.54, 1.807) is 0 Å². The molecule has 4 heteroatoms. The van der Waals surface area contributed by atoms with E-state index in [-0.39, 0.29) is 0 Å². The van der Waals surface area contributed by atoms with E-state index in [0.717, 1.165) is 19.3 Å². The van der Waals surface area contributed by atoms with Crippen LogP contribution in [0.1, 0.15) is 32.6 Å². The third-order valence-electron chi connectivity index (χ3n) is 1.52. The summed E-state index contributed by atoms with van der Waals surface area (Å²) >= 11 is 0. The summed E-state index contributed by atoms with van der Waals surface area (Å²) in [5.41, 5.74) is 0. The number of hydrogen-bond donors (Lipinski definition) is 0. The first-order valence-electron chi connectivity index (χ1n) is 4.26. The van der Waals surface area contributed by atoms with Crippen molar-refractivity contribution in [2.45, 2.75) is 38.8 Å². The van der Waals surface area contributed by atoms with Crippen molar-refractivity contribution in [2.24, 2.45) is 0 Å². The number of hydrogen-bond acceptors (Lipinski definition) is 1. The highest BCUT2D eigenvalue weighted by molar-refractivity contribution is 5.94. The van der Waals surface area contributed by atoms with Crippen LogP contribution in [0.5, 0.6) is 0 Å². The molecule has 0 unspecified atom stereocenters. The van der Waals surface area contributed by atoms with Crippen LogP contribution in [0.25, 0.3) is 0 Å². The standard InChI is InChI=1S/C9H13F3O/c1-2-3-4-5-6-7-8(13)9(10,11)12/h6-7H,2-5H2,1H3. The van der Waals surface area contributed by atoms with Crippen LogP contribution < -0.4 is 0 Å². The van der Waals surface area contributed by atoms with Gasteiger partial charge < -0.3 is 0 Å². The summed E-state index contributed by atoms with van der Waals surface area (Å²) in [5, 5.41) is 0. The van der Waals surface area contributed by atoms with E-state index in [4.69, 9.17) is 0 Å². The van der Waals surface area contributed by atoms with Gasteiger partial charge in [0.05, 0.1) is 0 Å². The SMILES string of the molecule is CCCCCC=CC(=O)C(F)(F)F. The van der Waals surface area contributed by atoms with Crippen molar-refractivity contribution < 1.29 is 18.0 Å². The molecule has 0 aliphatic heterocycles. The monoisotopic (exact) mass is 194 g/mol. The fourth-order valence-electron chi connectivity index (χ4n) is 0.797. The van der Waals surface area contributed by atoms with Gasteiger partial charge >= 0.3 is 6.18 Å². The lowest BCUT2D eigenvalue weighted by Gasteiger charge is -1.98. The number of ketones is 1. The summed E-state index contributed by atoms with van der Waals surface area (Å²) in [6.45, 7) is 2.00. The molecule has 0 heterocycles. The van der Waals surface area contributed by atoms with Gasteiger partial charge in [0.1, 0.15) is 0 Å². The fourth-order valence-corrected chi connectivity index (χ4v) is 0.797. The predicted octanol–water partition coefficient (Wildman–Crippen LogP) is 3.25. The largest absolute Gasteiger partial charge is 0.454 e. The highest BCUT2D eigenvalue weighted by Crippen LogP contribution is 2.16. The van der Waals surface area contributed by atoms with Crippen molar-refractivity contribution in [3.63, 3.8) is 0 Å². The van der Waals surface area contributed by atoms with Crippen molar-refractivity contribution in [2.75, 3.05) is 0 Å². The number of rotatable bonds is 5. The molecule has 76 valence electrons. The molecule has 0 aliphatic rings. The van der Waals surface area contributed by atoms with Crippen LogP contribution in [-0.4, -0.2) is 12.0 Å². The molecule has 0 saturated carbocycles. The molecule has 0 radical (unpaired) electrons. The molecule has 0 aromatic heterocycles. The molecule has 1 nitrogen and oxygen atoms in total. The normalized spacial score (nSPS) is 12.3. The quantitative estimate of drug-likeness (QED) is 0.485. The Bertz CT molecular complexity index is 182. The third kappa shape index (κ3) is 6.37. The molecule has 0 fully saturated rings. The highest BCUT2D eigenvalue weighted by atomic mass is 19.4. The van der Waals surface area contributed by atoms with Crippen molar-refractivity contribution in [3.8, 4) is 0 Å². The Morgan fingerprint density at radius 1 is 1.31 bits per heavy atom. The van der Waals surface area contributed by atoms with Gasteiger partial charge in [-0.15, -0.1) is 0 Å². The van der Waals surface area contributed by atoms with Crippen molar-refractivity contribution in [1.29, 1.82) is 0 Å². The second-order valence-corrected chi connectivity index (χ2v) is 2.76. The molecule has 0 saturated heterocycles. The smallest absolute Gasteiger partial charge is 0.285 e. The zero-order chi connectivity index (χ0) is 10.3. The van der Waals surface area contributed by atoms with Crippen LogP contribution in [0.3, 0.4) is 0 Å². The highest BCUT2D eigenvalue weighted by Gasteiger charge is 2.35. The van der Waals surface area contributed by atoms with Gasteiger partial charge in [-0.25, -0.2) is 0 Å². The van der Waals surface area contributed by atoms with Gasteiger partial charge in [-0.2, -0.15) is 13.2 Å². The number of carbonyl (C=O) groups is 1. The molecular weight excluding hydrogens is 181 g/mol. The Morgan fingerprint density at radius 2 is 1.92 bits per heavy atom. The number of carbonyl (C=O) groups excluding carboxylic acids is 1. The fraction of sp³-hybridized carbons (Fsp3) is 0.667.